The van der Waals surface area contributed by atoms with Gasteiger partial charge in [-0.3, -0.25) is 4.79 Å². The van der Waals surface area contributed by atoms with Crippen LogP contribution in [0.5, 0.6) is 0 Å². The van der Waals surface area contributed by atoms with Crippen LogP contribution in [0, 0.1) is 11.6 Å². The van der Waals surface area contributed by atoms with Gasteiger partial charge in [0.2, 0.25) is 0 Å². The van der Waals surface area contributed by atoms with Crippen LogP contribution in [0.15, 0.2) is 30.5 Å². The zero-order chi connectivity index (χ0) is 15.4. The predicted octanol–water partition coefficient (Wildman–Crippen LogP) is 2.57. The van der Waals surface area contributed by atoms with Gasteiger partial charge in [-0.1, -0.05) is 17.7 Å². The number of pyridine rings is 1. The maximum atomic E-state index is 13.0. The van der Waals surface area contributed by atoms with E-state index in [2.05, 4.69) is 10.3 Å². The van der Waals surface area contributed by atoms with Crippen molar-refractivity contribution in [1.82, 2.24) is 10.3 Å². The van der Waals surface area contributed by atoms with Crippen LogP contribution >= 0.6 is 11.6 Å². The van der Waals surface area contributed by atoms with Gasteiger partial charge >= 0.3 is 0 Å². The van der Waals surface area contributed by atoms with Crippen LogP contribution in [0.3, 0.4) is 0 Å². The fourth-order valence-corrected chi connectivity index (χ4v) is 2.03. The quantitative estimate of drug-likeness (QED) is 0.853. The van der Waals surface area contributed by atoms with E-state index in [1.54, 1.807) is 0 Å². The minimum absolute atomic E-state index is 0.0142. The smallest absolute Gasteiger partial charge is 0.256 e. The largest absolute Gasteiger partial charge is 0.398 e. The first-order chi connectivity index (χ1) is 9.99. The second-order valence-electron chi connectivity index (χ2n) is 4.32. The van der Waals surface area contributed by atoms with Gasteiger partial charge in [0.1, 0.15) is 5.15 Å². The standard InChI is InChI=1S/C14H12ClF2N3O/c15-13-12(11(18)4-6-19-13)14(21)20-5-3-8-1-2-9(16)10(17)7-8/h1-2,4,6-7H,3,5H2,(H2,18,19)(H,20,21). The number of nitrogens with one attached hydrogen (secondary N) is 1. The summed E-state index contributed by atoms with van der Waals surface area (Å²) in [6.07, 6.45) is 1.75. The summed E-state index contributed by atoms with van der Waals surface area (Å²) in [5.74, 6) is -2.29. The fraction of sp³-hybridized carbons (Fsp3) is 0.143. The Hall–Kier alpha value is -2.21. The van der Waals surface area contributed by atoms with E-state index in [9.17, 15) is 13.6 Å². The van der Waals surface area contributed by atoms with Crippen LogP contribution in [0.4, 0.5) is 14.5 Å². The Bertz CT molecular complexity index is 659. The van der Waals surface area contributed by atoms with Crippen molar-refractivity contribution in [3.63, 3.8) is 0 Å². The van der Waals surface area contributed by atoms with Crippen molar-refractivity contribution in [3.8, 4) is 0 Å². The Balaban J connectivity index is 1.97. The lowest BCUT2D eigenvalue weighted by Crippen LogP contribution is -2.27. The van der Waals surface area contributed by atoms with E-state index in [-0.39, 0.29) is 22.9 Å². The first kappa shape index (κ1) is 15.2. The normalized spacial score (nSPS) is 10.4. The molecule has 7 heteroatoms. The van der Waals surface area contributed by atoms with Gasteiger partial charge in [0.25, 0.3) is 5.91 Å². The highest BCUT2D eigenvalue weighted by molar-refractivity contribution is 6.33. The molecule has 0 atom stereocenters. The molecule has 0 aliphatic rings. The molecule has 1 aromatic carbocycles. The lowest BCUT2D eigenvalue weighted by Gasteiger charge is -2.08. The van der Waals surface area contributed by atoms with E-state index in [1.165, 1.54) is 18.3 Å². The van der Waals surface area contributed by atoms with Gasteiger partial charge in [-0.2, -0.15) is 0 Å². The first-order valence-electron chi connectivity index (χ1n) is 6.11. The second-order valence-corrected chi connectivity index (χ2v) is 4.68. The van der Waals surface area contributed by atoms with Crippen molar-refractivity contribution in [2.75, 3.05) is 12.3 Å². The summed E-state index contributed by atoms with van der Waals surface area (Å²) in [7, 11) is 0. The number of nitrogens with two attached hydrogens (primary N) is 1. The Morgan fingerprint density at radius 1 is 1.29 bits per heavy atom. The maximum Gasteiger partial charge on any atom is 0.256 e. The number of aromatic nitrogens is 1. The highest BCUT2D eigenvalue weighted by Gasteiger charge is 2.14. The molecule has 0 spiro atoms. The highest BCUT2D eigenvalue weighted by Crippen LogP contribution is 2.18. The number of nitrogens with zero attached hydrogens (tertiary/aromatic N) is 1. The number of hydrogen-bond acceptors (Lipinski definition) is 3. The van der Waals surface area contributed by atoms with E-state index < -0.39 is 17.5 Å². The predicted molar refractivity (Wildman–Crippen MR) is 76.1 cm³/mol. The fourth-order valence-electron chi connectivity index (χ4n) is 1.78. The number of amides is 1. The summed E-state index contributed by atoms with van der Waals surface area (Å²) in [6, 6.07) is 5.06. The lowest BCUT2D eigenvalue weighted by molar-refractivity contribution is 0.0955. The number of anilines is 1. The zero-order valence-corrected chi connectivity index (χ0v) is 11.6. The topological polar surface area (TPSA) is 68.0 Å². The van der Waals surface area contributed by atoms with Crippen LogP contribution in [-0.2, 0) is 6.42 Å². The number of carbonyl (C=O) groups is 1. The van der Waals surface area contributed by atoms with Gasteiger partial charge in [-0.25, -0.2) is 13.8 Å². The number of rotatable bonds is 4. The number of nitrogen functional groups attached to an aromatic ring is 1. The molecule has 4 nitrogen and oxygen atoms in total. The van der Waals surface area contributed by atoms with Crippen molar-refractivity contribution in [2.24, 2.45) is 0 Å². The van der Waals surface area contributed by atoms with E-state index in [0.29, 0.717) is 12.0 Å². The average molecular weight is 312 g/mol. The SMILES string of the molecule is Nc1ccnc(Cl)c1C(=O)NCCc1ccc(F)c(F)c1. The Labute approximate surface area is 124 Å². The average Bonchev–Trinajstić information content (AvgIpc) is 2.42. The van der Waals surface area contributed by atoms with Gasteiger partial charge in [0.05, 0.1) is 5.56 Å². The lowest BCUT2D eigenvalue weighted by atomic mass is 10.1. The molecule has 2 aromatic rings. The molecule has 1 aromatic heterocycles. The molecule has 0 saturated carbocycles. The molecule has 2 rings (SSSR count). The maximum absolute atomic E-state index is 13.0. The summed E-state index contributed by atoms with van der Waals surface area (Å²) in [5.41, 5.74) is 6.56. The molecule has 0 aliphatic carbocycles. The molecule has 110 valence electrons. The molecule has 0 aliphatic heterocycles. The van der Waals surface area contributed by atoms with Gasteiger partial charge < -0.3 is 11.1 Å². The van der Waals surface area contributed by atoms with Gasteiger partial charge in [-0.05, 0) is 30.2 Å². The number of benzene rings is 1. The van der Waals surface area contributed by atoms with E-state index >= 15 is 0 Å². The van der Waals surface area contributed by atoms with Gasteiger partial charge in [0, 0.05) is 18.4 Å². The molecule has 1 amide bonds. The minimum Gasteiger partial charge on any atom is -0.398 e. The van der Waals surface area contributed by atoms with Crippen LogP contribution in [-0.4, -0.2) is 17.4 Å². The van der Waals surface area contributed by atoms with Crippen LogP contribution in [0.1, 0.15) is 15.9 Å². The summed E-state index contributed by atoms with van der Waals surface area (Å²) < 4.78 is 25.8. The Morgan fingerprint density at radius 2 is 2.05 bits per heavy atom. The van der Waals surface area contributed by atoms with E-state index in [0.717, 1.165) is 12.1 Å². The summed E-state index contributed by atoms with van der Waals surface area (Å²) in [5, 5.41) is 2.62. The zero-order valence-electron chi connectivity index (χ0n) is 10.9. The first-order valence-corrected chi connectivity index (χ1v) is 6.49. The molecule has 1 heterocycles. The van der Waals surface area contributed by atoms with Crippen molar-refractivity contribution in [1.29, 1.82) is 0 Å². The molecule has 0 unspecified atom stereocenters. The van der Waals surface area contributed by atoms with E-state index in [1.807, 2.05) is 0 Å². The number of carbonyl (C=O) groups excluding carboxylic acids is 1. The molecule has 0 saturated heterocycles. The summed E-state index contributed by atoms with van der Waals surface area (Å²) >= 11 is 5.82. The monoisotopic (exact) mass is 311 g/mol. The third-order valence-electron chi connectivity index (χ3n) is 2.85. The van der Waals surface area contributed by atoms with Crippen molar-refractivity contribution in [3.05, 3.63) is 58.4 Å². The third kappa shape index (κ3) is 3.66. The van der Waals surface area contributed by atoms with E-state index in [4.69, 9.17) is 17.3 Å². The summed E-state index contributed by atoms with van der Waals surface area (Å²) in [4.78, 5) is 15.7. The molecule has 3 N–H and O–H groups in total. The molecule has 0 fully saturated rings. The van der Waals surface area contributed by atoms with Crippen molar-refractivity contribution < 1.29 is 13.6 Å². The summed E-state index contributed by atoms with van der Waals surface area (Å²) in [6.45, 7) is 0.231. The highest BCUT2D eigenvalue weighted by atomic mass is 35.5. The molecular formula is C14H12ClF2N3O. The van der Waals surface area contributed by atoms with Crippen molar-refractivity contribution >= 4 is 23.2 Å². The van der Waals surface area contributed by atoms with Gasteiger partial charge in [-0.15, -0.1) is 0 Å². The van der Waals surface area contributed by atoms with Crippen LogP contribution in [0.25, 0.3) is 0 Å². The Morgan fingerprint density at radius 3 is 2.71 bits per heavy atom. The molecule has 21 heavy (non-hydrogen) atoms. The molecule has 0 radical (unpaired) electrons. The molecule has 0 bridgehead atoms. The van der Waals surface area contributed by atoms with Gasteiger partial charge in [0.15, 0.2) is 11.6 Å². The Kier molecular flexibility index (Phi) is 4.70. The van der Waals surface area contributed by atoms with Crippen molar-refractivity contribution in [2.45, 2.75) is 6.42 Å². The third-order valence-corrected chi connectivity index (χ3v) is 3.13. The number of halogens is 3. The second kappa shape index (κ2) is 6.49. The van der Waals surface area contributed by atoms with Crippen LogP contribution in [0.2, 0.25) is 5.15 Å². The molecular weight excluding hydrogens is 300 g/mol. The minimum atomic E-state index is -0.918. The number of hydrogen-bond donors (Lipinski definition) is 2. The van der Waals surface area contributed by atoms with Crippen LogP contribution < -0.4 is 11.1 Å².